The maximum Gasteiger partial charge on any atom is 0.120 e. The highest BCUT2D eigenvalue weighted by Gasteiger charge is 2.01. The Hall–Kier alpha value is -0.480. The summed E-state index contributed by atoms with van der Waals surface area (Å²) in [5, 5.41) is 3.41. The van der Waals surface area contributed by atoms with Gasteiger partial charge in [-0.25, -0.2) is 4.98 Å². The van der Waals surface area contributed by atoms with Gasteiger partial charge in [-0.3, -0.25) is 0 Å². The highest BCUT2D eigenvalue weighted by Crippen LogP contribution is 2.01. The molecule has 2 N–H and O–H groups in total. The summed E-state index contributed by atoms with van der Waals surface area (Å²) in [7, 11) is 0. The minimum atomic E-state index is 0.551. The fourth-order valence-corrected chi connectivity index (χ4v) is 1.73. The number of H-pyrrole nitrogens is 1. The Morgan fingerprint density at radius 1 is 1.69 bits per heavy atom. The lowest BCUT2D eigenvalue weighted by Crippen LogP contribution is -2.28. The van der Waals surface area contributed by atoms with Crippen molar-refractivity contribution in [2.24, 2.45) is 0 Å². The predicted molar refractivity (Wildman–Crippen MR) is 57.9 cm³/mol. The van der Waals surface area contributed by atoms with Gasteiger partial charge in [0.25, 0.3) is 0 Å². The molecule has 4 heteroatoms. The van der Waals surface area contributed by atoms with E-state index in [0.717, 1.165) is 18.1 Å². The Bertz CT molecular complexity index is 211. The number of rotatable bonds is 6. The summed E-state index contributed by atoms with van der Waals surface area (Å²) in [4.78, 5) is 7.21. The number of aromatic amines is 1. The quantitative estimate of drug-likeness (QED) is 0.732. The first kappa shape index (κ1) is 10.6. The lowest BCUT2D eigenvalue weighted by atomic mass is 10.4. The normalized spacial score (nSPS) is 13.1. The summed E-state index contributed by atoms with van der Waals surface area (Å²) in [5.74, 6) is 3.36. The van der Waals surface area contributed by atoms with Crippen molar-refractivity contribution in [1.29, 1.82) is 0 Å². The van der Waals surface area contributed by atoms with Crippen LogP contribution in [0.15, 0.2) is 12.4 Å². The van der Waals surface area contributed by atoms with Crippen LogP contribution >= 0.6 is 11.8 Å². The molecule has 0 aliphatic heterocycles. The smallest absolute Gasteiger partial charge is 0.120 e. The Morgan fingerprint density at radius 3 is 3.15 bits per heavy atom. The van der Waals surface area contributed by atoms with Crippen LogP contribution in [0.5, 0.6) is 0 Å². The molecule has 0 saturated carbocycles. The topological polar surface area (TPSA) is 40.7 Å². The molecule has 1 unspecified atom stereocenters. The van der Waals surface area contributed by atoms with E-state index in [1.807, 2.05) is 18.0 Å². The second kappa shape index (κ2) is 6.05. The van der Waals surface area contributed by atoms with E-state index in [4.69, 9.17) is 0 Å². The molecule has 0 saturated heterocycles. The molecule has 0 fully saturated rings. The predicted octanol–water partition coefficient (Wildman–Crippen LogP) is 1.64. The maximum atomic E-state index is 4.14. The lowest BCUT2D eigenvalue weighted by molar-refractivity contribution is 0.582. The van der Waals surface area contributed by atoms with E-state index in [2.05, 4.69) is 29.1 Å². The Balaban J connectivity index is 2.11. The zero-order valence-corrected chi connectivity index (χ0v) is 9.03. The average molecular weight is 199 g/mol. The summed E-state index contributed by atoms with van der Waals surface area (Å²) in [6.45, 7) is 5.22. The van der Waals surface area contributed by atoms with Crippen LogP contribution in [0.2, 0.25) is 0 Å². The molecule has 13 heavy (non-hydrogen) atoms. The van der Waals surface area contributed by atoms with Gasteiger partial charge >= 0.3 is 0 Å². The third-order valence-electron chi connectivity index (χ3n) is 1.74. The number of hydrogen-bond donors (Lipinski definition) is 2. The summed E-state index contributed by atoms with van der Waals surface area (Å²) in [6.07, 6.45) is 3.63. The monoisotopic (exact) mass is 199 g/mol. The SMILES string of the molecule is CCSCC(C)NCc1ncc[nH]1. The van der Waals surface area contributed by atoms with Gasteiger partial charge in [0.15, 0.2) is 0 Å². The van der Waals surface area contributed by atoms with Gasteiger partial charge in [0, 0.05) is 24.2 Å². The fourth-order valence-electron chi connectivity index (χ4n) is 1.02. The summed E-state index contributed by atoms with van der Waals surface area (Å²) < 4.78 is 0. The van der Waals surface area contributed by atoms with E-state index in [1.54, 1.807) is 6.20 Å². The van der Waals surface area contributed by atoms with Crippen LogP contribution in [-0.2, 0) is 6.54 Å². The average Bonchev–Trinajstić information content (AvgIpc) is 2.64. The number of hydrogen-bond acceptors (Lipinski definition) is 3. The summed E-state index contributed by atoms with van der Waals surface area (Å²) >= 11 is 1.96. The maximum absolute atomic E-state index is 4.14. The Labute approximate surface area is 83.7 Å². The zero-order valence-electron chi connectivity index (χ0n) is 8.21. The summed E-state index contributed by atoms with van der Waals surface area (Å²) in [5.41, 5.74) is 0. The van der Waals surface area contributed by atoms with Gasteiger partial charge in [-0.15, -0.1) is 0 Å². The van der Waals surface area contributed by atoms with Gasteiger partial charge in [0.05, 0.1) is 6.54 Å². The number of nitrogens with zero attached hydrogens (tertiary/aromatic N) is 1. The molecule has 1 heterocycles. The third kappa shape index (κ3) is 4.33. The van der Waals surface area contributed by atoms with E-state index in [-0.39, 0.29) is 0 Å². The van der Waals surface area contributed by atoms with Gasteiger partial charge in [-0.05, 0) is 12.7 Å². The van der Waals surface area contributed by atoms with Crippen molar-refractivity contribution in [1.82, 2.24) is 15.3 Å². The number of thioether (sulfide) groups is 1. The van der Waals surface area contributed by atoms with Crippen LogP contribution in [0.25, 0.3) is 0 Å². The Kier molecular flexibility index (Phi) is 4.93. The van der Waals surface area contributed by atoms with E-state index in [9.17, 15) is 0 Å². The molecule has 0 spiro atoms. The number of nitrogens with one attached hydrogen (secondary N) is 2. The molecule has 74 valence electrons. The van der Waals surface area contributed by atoms with Gasteiger partial charge in [-0.1, -0.05) is 6.92 Å². The van der Waals surface area contributed by atoms with Gasteiger partial charge in [0.1, 0.15) is 5.82 Å². The van der Waals surface area contributed by atoms with Crippen molar-refractivity contribution < 1.29 is 0 Å². The first-order valence-corrected chi connectivity index (χ1v) is 5.77. The van der Waals surface area contributed by atoms with E-state index in [0.29, 0.717) is 6.04 Å². The molecule has 0 aliphatic carbocycles. The van der Waals surface area contributed by atoms with Crippen LogP contribution in [0.3, 0.4) is 0 Å². The molecule has 1 atom stereocenters. The molecule has 0 bridgehead atoms. The molecule has 0 aliphatic rings. The molecule has 1 aromatic rings. The molecule has 0 amide bonds. The third-order valence-corrected chi connectivity index (χ3v) is 2.89. The van der Waals surface area contributed by atoms with E-state index in [1.165, 1.54) is 5.75 Å². The van der Waals surface area contributed by atoms with Crippen molar-refractivity contribution >= 4 is 11.8 Å². The van der Waals surface area contributed by atoms with Crippen molar-refractivity contribution in [2.75, 3.05) is 11.5 Å². The van der Waals surface area contributed by atoms with Crippen molar-refractivity contribution in [3.05, 3.63) is 18.2 Å². The molecular formula is C9H17N3S. The molecule has 1 rings (SSSR count). The molecule has 0 aromatic carbocycles. The second-order valence-corrected chi connectivity index (χ2v) is 4.30. The van der Waals surface area contributed by atoms with Gasteiger partial charge in [-0.2, -0.15) is 11.8 Å². The van der Waals surface area contributed by atoms with Crippen LogP contribution in [0.4, 0.5) is 0 Å². The van der Waals surface area contributed by atoms with Crippen LogP contribution in [-0.4, -0.2) is 27.5 Å². The second-order valence-electron chi connectivity index (χ2n) is 2.98. The van der Waals surface area contributed by atoms with Gasteiger partial charge in [0.2, 0.25) is 0 Å². The fraction of sp³-hybridized carbons (Fsp3) is 0.667. The summed E-state index contributed by atoms with van der Waals surface area (Å²) in [6, 6.07) is 0.551. The highest BCUT2D eigenvalue weighted by molar-refractivity contribution is 7.99. The largest absolute Gasteiger partial charge is 0.348 e. The molecule has 1 aromatic heterocycles. The minimum Gasteiger partial charge on any atom is -0.348 e. The van der Waals surface area contributed by atoms with Crippen LogP contribution in [0.1, 0.15) is 19.7 Å². The highest BCUT2D eigenvalue weighted by atomic mass is 32.2. The van der Waals surface area contributed by atoms with E-state index < -0.39 is 0 Å². The first-order valence-electron chi connectivity index (χ1n) is 4.62. The van der Waals surface area contributed by atoms with Crippen molar-refractivity contribution in [3.8, 4) is 0 Å². The zero-order chi connectivity index (χ0) is 9.52. The van der Waals surface area contributed by atoms with Crippen molar-refractivity contribution in [2.45, 2.75) is 26.4 Å². The number of imidazole rings is 1. The Morgan fingerprint density at radius 2 is 2.54 bits per heavy atom. The first-order chi connectivity index (χ1) is 6.33. The van der Waals surface area contributed by atoms with Gasteiger partial charge < -0.3 is 10.3 Å². The van der Waals surface area contributed by atoms with Crippen LogP contribution in [0, 0.1) is 0 Å². The van der Waals surface area contributed by atoms with Crippen LogP contribution < -0.4 is 5.32 Å². The minimum absolute atomic E-state index is 0.551. The van der Waals surface area contributed by atoms with E-state index >= 15 is 0 Å². The standard InChI is InChI=1S/C9H17N3S/c1-3-13-7-8(2)12-6-9-10-4-5-11-9/h4-5,8,12H,3,6-7H2,1-2H3,(H,10,11). The lowest BCUT2D eigenvalue weighted by Gasteiger charge is -2.11. The number of aromatic nitrogens is 2. The molecule has 3 nitrogen and oxygen atoms in total. The molecule has 0 radical (unpaired) electrons. The molecular weight excluding hydrogens is 182 g/mol. The van der Waals surface area contributed by atoms with Crippen molar-refractivity contribution in [3.63, 3.8) is 0 Å².